The van der Waals surface area contributed by atoms with Gasteiger partial charge >= 0.3 is 0 Å². The number of aromatic nitrogens is 2. The molecular weight excluding hydrogens is 212 g/mol. The van der Waals surface area contributed by atoms with Gasteiger partial charge in [0.25, 0.3) is 0 Å². The molecule has 0 saturated carbocycles. The molecular formula is C13H16N4. The highest BCUT2D eigenvalue weighted by atomic mass is 15.1. The second-order valence-corrected chi connectivity index (χ2v) is 4.04. The number of nitrogen functional groups attached to an aromatic ring is 1. The van der Waals surface area contributed by atoms with Gasteiger partial charge in [0.2, 0.25) is 0 Å². The van der Waals surface area contributed by atoms with Gasteiger partial charge in [0.15, 0.2) is 0 Å². The average Bonchev–Trinajstić information content (AvgIpc) is 2.33. The Morgan fingerprint density at radius 2 is 1.88 bits per heavy atom. The Labute approximate surface area is 101 Å². The second kappa shape index (κ2) is 5.41. The third-order valence-electron chi connectivity index (χ3n) is 2.52. The number of hydrogen-bond donors (Lipinski definition) is 1. The molecule has 17 heavy (non-hydrogen) atoms. The van der Waals surface area contributed by atoms with Gasteiger partial charge in [-0.15, -0.1) is 0 Å². The Hall–Kier alpha value is -1.94. The number of pyridine rings is 2. The molecule has 0 aliphatic carbocycles. The summed E-state index contributed by atoms with van der Waals surface area (Å²) in [5.74, 6) is 0.598. The summed E-state index contributed by atoms with van der Waals surface area (Å²) >= 11 is 0. The van der Waals surface area contributed by atoms with Crippen molar-refractivity contribution in [1.29, 1.82) is 0 Å². The SMILES string of the molecule is CN(Cc1ccccn1)Cc1cccnc1N. The third-order valence-corrected chi connectivity index (χ3v) is 2.52. The van der Waals surface area contributed by atoms with Gasteiger partial charge in [-0.2, -0.15) is 0 Å². The van der Waals surface area contributed by atoms with E-state index in [1.165, 1.54) is 0 Å². The van der Waals surface area contributed by atoms with Crippen LogP contribution < -0.4 is 5.73 Å². The van der Waals surface area contributed by atoms with Crippen LogP contribution in [0, 0.1) is 0 Å². The molecule has 0 saturated heterocycles. The van der Waals surface area contributed by atoms with Crippen LogP contribution in [-0.2, 0) is 13.1 Å². The fourth-order valence-corrected chi connectivity index (χ4v) is 1.70. The van der Waals surface area contributed by atoms with Crippen LogP contribution in [0.2, 0.25) is 0 Å². The van der Waals surface area contributed by atoms with E-state index in [1.807, 2.05) is 43.6 Å². The maximum Gasteiger partial charge on any atom is 0.127 e. The molecule has 0 atom stereocenters. The molecule has 0 radical (unpaired) electrons. The van der Waals surface area contributed by atoms with Crippen molar-refractivity contribution in [2.75, 3.05) is 12.8 Å². The smallest absolute Gasteiger partial charge is 0.127 e. The highest BCUT2D eigenvalue weighted by Gasteiger charge is 2.05. The largest absolute Gasteiger partial charge is 0.383 e. The molecule has 2 rings (SSSR count). The molecule has 0 spiro atoms. The fraction of sp³-hybridized carbons (Fsp3) is 0.231. The van der Waals surface area contributed by atoms with E-state index in [0.29, 0.717) is 5.82 Å². The molecule has 2 aromatic heterocycles. The molecule has 0 aromatic carbocycles. The van der Waals surface area contributed by atoms with Crippen molar-refractivity contribution in [3.63, 3.8) is 0 Å². The normalized spacial score (nSPS) is 10.7. The van der Waals surface area contributed by atoms with E-state index >= 15 is 0 Å². The Kier molecular flexibility index (Phi) is 3.67. The zero-order valence-electron chi connectivity index (χ0n) is 9.87. The summed E-state index contributed by atoms with van der Waals surface area (Å²) in [4.78, 5) is 10.5. The minimum Gasteiger partial charge on any atom is -0.383 e. The van der Waals surface area contributed by atoms with E-state index < -0.39 is 0 Å². The molecule has 4 heteroatoms. The van der Waals surface area contributed by atoms with Crippen molar-refractivity contribution < 1.29 is 0 Å². The lowest BCUT2D eigenvalue weighted by molar-refractivity contribution is 0.315. The van der Waals surface area contributed by atoms with Crippen LogP contribution in [0.3, 0.4) is 0 Å². The first-order chi connectivity index (χ1) is 8.25. The Morgan fingerprint density at radius 1 is 1.06 bits per heavy atom. The van der Waals surface area contributed by atoms with Crippen molar-refractivity contribution >= 4 is 5.82 Å². The Bertz CT molecular complexity index is 470. The zero-order chi connectivity index (χ0) is 12.1. The molecule has 0 unspecified atom stereocenters. The van der Waals surface area contributed by atoms with E-state index in [1.54, 1.807) is 6.20 Å². The van der Waals surface area contributed by atoms with Gasteiger partial charge in [0, 0.05) is 31.0 Å². The highest BCUT2D eigenvalue weighted by Crippen LogP contribution is 2.10. The summed E-state index contributed by atoms with van der Waals surface area (Å²) in [5.41, 5.74) is 7.91. The lowest BCUT2D eigenvalue weighted by atomic mass is 10.2. The minimum absolute atomic E-state index is 0.598. The van der Waals surface area contributed by atoms with Crippen LogP contribution in [-0.4, -0.2) is 21.9 Å². The molecule has 0 aliphatic heterocycles. The molecule has 88 valence electrons. The quantitative estimate of drug-likeness (QED) is 0.865. The summed E-state index contributed by atoms with van der Waals surface area (Å²) in [5, 5.41) is 0. The summed E-state index contributed by atoms with van der Waals surface area (Å²) in [6.07, 6.45) is 3.51. The predicted octanol–water partition coefficient (Wildman–Crippen LogP) is 1.69. The van der Waals surface area contributed by atoms with Gasteiger partial charge in [-0.25, -0.2) is 4.98 Å². The number of nitrogens with two attached hydrogens (primary N) is 1. The van der Waals surface area contributed by atoms with Gasteiger partial charge in [-0.05, 0) is 25.2 Å². The van der Waals surface area contributed by atoms with Gasteiger partial charge in [-0.3, -0.25) is 9.88 Å². The van der Waals surface area contributed by atoms with Crippen molar-refractivity contribution in [2.24, 2.45) is 0 Å². The fourth-order valence-electron chi connectivity index (χ4n) is 1.70. The Morgan fingerprint density at radius 3 is 2.59 bits per heavy atom. The van der Waals surface area contributed by atoms with Crippen LogP contribution in [0.5, 0.6) is 0 Å². The van der Waals surface area contributed by atoms with E-state index in [4.69, 9.17) is 5.73 Å². The lowest BCUT2D eigenvalue weighted by Crippen LogP contribution is -2.18. The number of rotatable bonds is 4. The van der Waals surface area contributed by atoms with Gasteiger partial charge in [0.05, 0.1) is 5.69 Å². The third kappa shape index (κ3) is 3.26. The molecule has 0 amide bonds. The molecule has 2 heterocycles. The first-order valence-electron chi connectivity index (χ1n) is 5.53. The molecule has 2 aromatic rings. The minimum atomic E-state index is 0.598. The molecule has 2 N–H and O–H groups in total. The summed E-state index contributed by atoms with van der Waals surface area (Å²) < 4.78 is 0. The first-order valence-corrected chi connectivity index (χ1v) is 5.53. The number of anilines is 1. The molecule has 0 bridgehead atoms. The van der Waals surface area contributed by atoms with Gasteiger partial charge in [0.1, 0.15) is 5.82 Å². The Balaban J connectivity index is 1.98. The molecule has 4 nitrogen and oxygen atoms in total. The van der Waals surface area contributed by atoms with Crippen LogP contribution in [0.15, 0.2) is 42.7 Å². The number of nitrogens with zero attached hydrogens (tertiary/aromatic N) is 3. The predicted molar refractivity (Wildman–Crippen MR) is 68.1 cm³/mol. The monoisotopic (exact) mass is 228 g/mol. The first kappa shape index (κ1) is 11.5. The maximum atomic E-state index is 5.81. The second-order valence-electron chi connectivity index (χ2n) is 4.04. The van der Waals surface area contributed by atoms with E-state index in [-0.39, 0.29) is 0 Å². The van der Waals surface area contributed by atoms with Crippen LogP contribution in [0.1, 0.15) is 11.3 Å². The topological polar surface area (TPSA) is 55.0 Å². The molecule has 0 aliphatic rings. The molecule has 0 fully saturated rings. The van der Waals surface area contributed by atoms with Crippen LogP contribution in [0.25, 0.3) is 0 Å². The summed E-state index contributed by atoms with van der Waals surface area (Å²) in [6, 6.07) is 9.83. The van der Waals surface area contributed by atoms with Gasteiger partial charge < -0.3 is 5.73 Å². The maximum absolute atomic E-state index is 5.81. The van der Waals surface area contributed by atoms with Crippen LogP contribution >= 0.6 is 0 Å². The average molecular weight is 228 g/mol. The summed E-state index contributed by atoms with van der Waals surface area (Å²) in [6.45, 7) is 1.57. The van der Waals surface area contributed by atoms with Crippen molar-refractivity contribution in [2.45, 2.75) is 13.1 Å². The van der Waals surface area contributed by atoms with Crippen molar-refractivity contribution in [1.82, 2.24) is 14.9 Å². The van der Waals surface area contributed by atoms with Crippen molar-refractivity contribution in [3.8, 4) is 0 Å². The summed E-state index contributed by atoms with van der Waals surface area (Å²) in [7, 11) is 2.04. The zero-order valence-corrected chi connectivity index (χ0v) is 9.87. The number of hydrogen-bond acceptors (Lipinski definition) is 4. The van der Waals surface area contributed by atoms with Gasteiger partial charge in [-0.1, -0.05) is 12.1 Å². The highest BCUT2D eigenvalue weighted by molar-refractivity contribution is 5.38. The standard InChI is InChI=1S/C13H16N4/c1-17(10-12-6-2-3-7-15-12)9-11-5-4-8-16-13(11)14/h2-8H,9-10H2,1H3,(H2,14,16). The van der Waals surface area contributed by atoms with Crippen molar-refractivity contribution in [3.05, 3.63) is 54.0 Å². The van der Waals surface area contributed by atoms with E-state index in [9.17, 15) is 0 Å². The van der Waals surface area contributed by atoms with E-state index in [0.717, 1.165) is 24.3 Å². The van der Waals surface area contributed by atoms with E-state index in [2.05, 4.69) is 14.9 Å². The lowest BCUT2D eigenvalue weighted by Gasteiger charge is -2.16. The van der Waals surface area contributed by atoms with Crippen LogP contribution in [0.4, 0.5) is 5.82 Å².